The number of nitrogens with zero attached hydrogens (tertiary/aromatic N) is 1. The van der Waals surface area contributed by atoms with Crippen LogP contribution in [-0.4, -0.2) is 15.6 Å². The zero-order valence-electron chi connectivity index (χ0n) is 9.72. The summed E-state index contributed by atoms with van der Waals surface area (Å²) in [6.07, 6.45) is 7.86. The summed E-state index contributed by atoms with van der Waals surface area (Å²) >= 11 is 0. The number of carboxylic acid groups (broad SMARTS) is 1. The molecule has 16 heavy (non-hydrogen) atoms. The number of carbonyl (C=O) groups is 1. The molecule has 3 heteroatoms. The molecule has 1 aliphatic rings. The van der Waals surface area contributed by atoms with Gasteiger partial charge in [0, 0.05) is 12.2 Å². The van der Waals surface area contributed by atoms with E-state index in [0.29, 0.717) is 11.7 Å². The molecule has 0 unspecified atom stereocenters. The second-order valence-electron chi connectivity index (χ2n) is 4.69. The highest BCUT2D eigenvalue weighted by Crippen LogP contribution is 2.34. The molecule has 0 aromatic carbocycles. The van der Waals surface area contributed by atoms with Crippen molar-refractivity contribution in [2.75, 3.05) is 0 Å². The highest BCUT2D eigenvalue weighted by molar-refractivity contribution is 5.85. The molecular formula is C13H19NO2. The van der Waals surface area contributed by atoms with Crippen LogP contribution in [0.1, 0.15) is 55.6 Å². The third kappa shape index (κ3) is 2.13. The molecule has 0 spiro atoms. The summed E-state index contributed by atoms with van der Waals surface area (Å²) in [6, 6.07) is 3.91. The van der Waals surface area contributed by atoms with Crippen molar-refractivity contribution in [3.8, 4) is 0 Å². The van der Waals surface area contributed by atoms with Crippen LogP contribution in [0.2, 0.25) is 0 Å². The molecule has 88 valence electrons. The van der Waals surface area contributed by atoms with Gasteiger partial charge in [0.15, 0.2) is 0 Å². The summed E-state index contributed by atoms with van der Waals surface area (Å²) < 4.78 is 1.94. The van der Waals surface area contributed by atoms with Crippen molar-refractivity contribution in [1.29, 1.82) is 0 Å². The van der Waals surface area contributed by atoms with Gasteiger partial charge in [-0.05, 0) is 43.7 Å². The van der Waals surface area contributed by atoms with E-state index in [9.17, 15) is 4.79 Å². The van der Waals surface area contributed by atoms with Gasteiger partial charge in [0.05, 0.1) is 0 Å². The quantitative estimate of drug-likeness (QED) is 0.850. The fraction of sp³-hybridized carbons (Fsp3) is 0.615. The fourth-order valence-electron chi connectivity index (χ4n) is 2.72. The van der Waals surface area contributed by atoms with Crippen LogP contribution in [0.5, 0.6) is 0 Å². The van der Waals surface area contributed by atoms with Gasteiger partial charge in [-0.2, -0.15) is 0 Å². The lowest BCUT2D eigenvalue weighted by atomic mass is 9.84. The van der Waals surface area contributed by atoms with Crippen LogP contribution in [0, 0.1) is 5.92 Å². The van der Waals surface area contributed by atoms with Crippen LogP contribution in [0.4, 0.5) is 0 Å². The van der Waals surface area contributed by atoms with E-state index in [1.165, 1.54) is 19.3 Å². The molecule has 0 atom stereocenters. The Hall–Kier alpha value is -1.25. The zero-order valence-corrected chi connectivity index (χ0v) is 9.72. The Morgan fingerprint density at radius 2 is 2.12 bits per heavy atom. The van der Waals surface area contributed by atoms with Gasteiger partial charge >= 0.3 is 5.97 Å². The smallest absolute Gasteiger partial charge is 0.352 e. The average Bonchev–Trinajstić information content (AvgIpc) is 2.78. The molecular weight excluding hydrogens is 202 g/mol. The lowest BCUT2D eigenvalue weighted by molar-refractivity contribution is 0.0680. The molecule has 1 aromatic heterocycles. The molecule has 3 nitrogen and oxygen atoms in total. The topological polar surface area (TPSA) is 42.2 Å². The van der Waals surface area contributed by atoms with Gasteiger partial charge in [-0.3, -0.25) is 0 Å². The number of hydrogen-bond donors (Lipinski definition) is 1. The number of carboxylic acids is 1. The number of rotatable bonds is 3. The molecule has 1 fully saturated rings. The van der Waals surface area contributed by atoms with E-state index in [2.05, 4.69) is 6.92 Å². The Morgan fingerprint density at radius 3 is 2.69 bits per heavy atom. The van der Waals surface area contributed by atoms with Crippen LogP contribution in [0.25, 0.3) is 0 Å². The van der Waals surface area contributed by atoms with Gasteiger partial charge in [0.25, 0.3) is 0 Å². The minimum atomic E-state index is -0.817. The normalized spacial score (nSPS) is 25.6. The van der Waals surface area contributed by atoms with Gasteiger partial charge in [-0.25, -0.2) is 4.79 Å². The highest BCUT2D eigenvalue weighted by atomic mass is 16.4. The van der Waals surface area contributed by atoms with E-state index in [0.717, 1.165) is 18.8 Å². The standard InChI is InChI=1S/C13H19NO2/c1-2-10-5-7-11(8-6-10)14-9-3-4-12(14)13(15)16/h3-4,9-11H,2,5-8H2,1H3,(H,15,16). The molecule has 1 aliphatic carbocycles. The Balaban J connectivity index is 2.08. The van der Waals surface area contributed by atoms with Crippen molar-refractivity contribution in [3.63, 3.8) is 0 Å². The molecule has 0 radical (unpaired) electrons. The molecule has 0 bridgehead atoms. The maximum Gasteiger partial charge on any atom is 0.352 e. The SMILES string of the molecule is CCC1CCC(n2cccc2C(=O)O)CC1. The second kappa shape index (κ2) is 4.73. The summed E-state index contributed by atoms with van der Waals surface area (Å²) in [5.41, 5.74) is 0.431. The molecule has 1 N–H and O–H groups in total. The van der Waals surface area contributed by atoms with E-state index < -0.39 is 5.97 Å². The monoisotopic (exact) mass is 221 g/mol. The lowest BCUT2D eigenvalue weighted by Crippen LogP contribution is -2.20. The van der Waals surface area contributed by atoms with Crippen LogP contribution < -0.4 is 0 Å². The van der Waals surface area contributed by atoms with Gasteiger partial charge < -0.3 is 9.67 Å². The highest BCUT2D eigenvalue weighted by Gasteiger charge is 2.23. The Labute approximate surface area is 96.1 Å². The van der Waals surface area contributed by atoms with Crippen molar-refractivity contribution < 1.29 is 9.90 Å². The molecule has 0 aliphatic heterocycles. The first-order valence-electron chi connectivity index (χ1n) is 6.12. The molecule has 0 amide bonds. The van der Waals surface area contributed by atoms with E-state index in [-0.39, 0.29) is 0 Å². The fourth-order valence-corrected chi connectivity index (χ4v) is 2.72. The van der Waals surface area contributed by atoms with Crippen molar-refractivity contribution in [2.24, 2.45) is 5.92 Å². The summed E-state index contributed by atoms with van der Waals surface area (Å²) in [5, 5.41) is 9.06. The van der Waals surface area contributed by atoms with Crippen molar-refractivity contribution in [1.82, 2.24) is 4.57 Å². The van der Waals surface area contributed by atoms with E-state index in [1.807, 2.05) is 16.8 Å². The maximum absolute atomic E-state index is 11.0. The van der Waals surface area contributed by atoms with Crippen molar-refractivity contribution in [2.45, 2.75) is 45.1 Å². The van der Waals surface area contributed by atoms with Crippen LogP contribution in [0.15, 0.2) is 18.3 Å². The molecule has 2 rings (SSSR count). The summed E-state index contributed by atoms with van der Waals surface area (Å²) in [4.78, 5) is 11.0. The maximum atomic E-state index is 11.0. The largest absolute Gasteiger partial charge is 0.477 e. The average molecular weight is 221 g/mol. The first-order valence-corrected chi connectivity index (χ1v) is 6.12. The molecule has 1 aromatic rings. The second-order valence-corrected chi connectivity index (χ2v) is 4.69. The predicted octanol–water partition coefficient (Wildman–Crippen LogP) is 3.33. The first-order chi connectivity index (χ1) is 7.72. The minimum Gasteiger partial charge on any atom is -0.477 e. The van der Waals surface area contributed by atoms with Crippen LogP contribution in [0.3, 0.4) is 0 Å². The lowest BCUT2D eigenvalue weighted by Gasteiger charge is -2.29. The Kier molecular flexibility index (Phi) is 3.32. The number of aromatic nitrogens is 1. The minimum absolute atomic E-state index is 0.392. The molecule has 1 heterocycles. The third-order valence-electron chi connectivity index (χ3n) is 3.79. The van der Waals surface area contributed by atoms with Gasteiger partial charge in [0.1, 0.15) is 5.69 Å². The van der Waals surface area contributed by atoms with Crippen molar-refractivity contribution >= 4 is 5.97 Å². The van der Waals surface area contributed by atoms with Gasteiger partial charge in [-0.15, -0.1) is 0 Å². The Bertz CT molecular complexity index is 362. The summed E-state index contributed by atoms with van der Waals surface area (Å²) in [7, 11) is 0. The summed E-state index contributed by atoms with van der Waals surface area (Å²) in [5.74, 6) is 0.0303. The number of aromatic carboxylic acids is 1. The summed E-state index contributed by atoms with van der Waals surface area (Å²) in [6.45, 7) is 2.24. The van der Waals surface area contributed by atoms with E-state index >= 15 is 0 Å². The zero-order chi connectivity index (χ0) is 11.5. The van der Waals surface area contributed by atoms with Crippen LogP contribution >= 0.6 is 0 Å². The Morgan fingerprint density at radius 1 is 1.44 bits per heavy atom. The van der Waals surface area contributed by atoms with Crippen LogP contribution in [-0.2, 0) is 0 Å². The predicted molar refractivity (Wildman–Crippen MR) is 62.7 cm³/mol. The van der Waals surface area contributed by atoms with Gasteiger partial charge in [-0.1, -0.05) is 13.3 Å². The van der Waals surface area contributed by atoms with E-state index in [1.54, 1.807) is 6.07 Å². The number of hydrogen-bond acceptors (Lipinski definition) is 1. The van der Waals surface area contributed by atoms with Gasteiger partial charge in [0.2, 0.25) is 0 Å². The first kappa shape index (κ1) is 11.2. The molecule has 1 saturated carbocycles. The third-order valence-corrected chi connectivity index (χ3v) is 3.79. The van der Waals surface area contributed by atoms with E-state index in [4.69, 9.17) is 5.11 Å². The molecule has 0 saturated heterocycles. The van der Waals surface area contributed by atoms with Crippen molar-refractivity contribution in [3.05, 3.63) is 24.0 Å².